The lowest BCUT2D eigenvalue weighted by Crippen LogP contribution is -2.55. The molecule has 2 N–H and O–H groups in total. The Bertz CT molecular complexity index is 1580. The summed E-state index contributed by atoms with van der Waals surface area (Å²) in [6, 6.07) is 4.52. The number of aromatic nitrogens is 4. The summed E-state index contributed by atoms with van der Waals surface area (Å²) < 4.78 is 21.1. The van der Waals surface area contributed by atoms with Crippen molar-refractivity contribution in [1.29, 1.82) is 0 Å². The fraction of sp³-hybridized carbons (Fsp3) is 0.559. The van der Waals surface area contributed by atoms with Crippen LogP contribution in [0.4, 0.5) is 4.39 Å². The summed E-state index contributed by atoms with van der Waals surface area (Å²) in [5.74, 6) is -2.00. The van der Waals surface area contributed by atoms with Crippen molar-refractivity contribution in [2.45, 2.75) is 77.4 Å². The monoisotopic (exact) mass is 680 g/mol. The molecule has 5 rings (SSSR count). The highest BCUT2D eigenvalue weighted by molar-refractivity contribution is 7.07. The lowest BCUT2D eigenvalue weighted by Gasteiger charge is -2.36. The van der Waals surface area contributed by atoms with E-state index in [-0.39, 0.29) is 40.4 Å². The van der Waals surface area contributed by atoms with Crippen LogP contribution in [0.2, 0.25) is 0 Å². The van der Waals surface area contributed by atoms with E-state index in [4.69, 9.17) is 0 Å². The van der Waals surface area contributed by atoms with Gasteiger partial charge >= 0.3 is 0 Å². The van der Waals surface area contributed by atoms with Gasteiger partial charge in [0, 0.05) is 51.3 Å². The number of carbonyl (C=O) groups excluding carboxylic acids is 4. The zero-order chi connectivity index (χ0) is 34.4. The lowest BCUT2D eigenvalue weighted by atomic mass is 9.77. The van der Waals surface area contributed by atoms with E-state index in [0.29, 0.717) is 49.9 Å². The van der Waals surface area contributed by atoms with Gasteiger partial charge in [-0.3, -0.25) is 23.9 Å². The number of Topliss-reactive ketones (excluding diaryl/α,β-unsaturated/α-hetero) is 1. The number of aryl methyl sites for hydroxylation is 1. The Labute approximate surface area is 284 Å². The first-order valence-electron chi connectivity index (χ1n) is 16.7. The molecular formula is C34H45FN8O4S. The summed E-state index contributed by atoms with van der Waals surface area (Å²) in [4.78, 5) is 58.0. The van der Waals surface area contributed by atoms with Crippen molar-refractivity contribution < 1.29 is 23.6 Å². The zero-order valence-corrected chi connectivity index (χ0v) is 28.8. The molecule has 3 aromatic rings. The number of hydrogen-bond donors (Lipinski definition) is 2. The van der Waals surface area contributed by atoms with E-state index in [1.54, 1.807) is 40.9 Å². The second kappa shape index (κ2) is 15.9. The number of amides is 3. The molecule has 1 aliphatic carbocycles. The molecule has 2 aromatic heterocycles. The van der Waals surface area contributed by atoms with Crippen LogP contribution in [0.1, 0.15) is 83.7 Å². The number of benzene rings is 1. The Kier molecular flexibility index (Phi) is 11.7. The molecule has 1 saturated heterocycles. The molecule has 0 unspecified atom stereocenters. The second-order valence-electron chi connectivity index (χ2n) is 13.1. The van der Waals surface area contributed by atoms with Gasteiger partial charge in [0.25, 0.3) is 11.8 Å². The highest BCUT2D eigenvalue weighted by Gasteiger charge is 2.35. The minimum atomic E-state index is -0.959. The number of nitrogens with one attached hydrogen (secondary N) is 2. The van der Waals surface area contributed by atoms with Crippen molar-refractivity contribution >= 4 is 35.0 Å². The first kappa shape index (κ1) is 35.3. The van der Waals surface area contributed by atoms with E-state index < -0.39 is 29.7 Å². The second-order valence-corrected chi connectivity index (χ2v) is 13.9. The number of rotatable bonds is 12. The quantitative estimate of drug-likeness (QED) is 0.297. The molecule has 258 valence electrons. The van der Waals surface area contributed by atoms with E-state index in [9.17, 15) is 19.2 Å². The van der Waals surface area contributed by atoms with E-state index >= 15 is 4.39 Å². The fourth-order valence-electron chi connectivity index (χ4n) is 6.66. The predicted molar refractivity (Wildman–Crippen MR) is 179 cm³/mol. The van der Waals surface area contributed by atoms with E-state index in [1.165, 1.54) is 12.3 Å². The van der Waals surface area contributed by atoms with Gasteiger partial charge in [-0.15, -0.1) is 5.10 Å². The molecule has 3 amide bonds. The van der Waals surface area contributed by atoms with Crippen LogP contribution < -0.4 is 10.6 Å². The average Bonchev–Trinajstić information content (AvgIpc) is 3.80. The molecule has 12 nitrogen and oxygen atoms in total. The maximum Gasteiger partial charge on any atom is 0.270 e. The van der Waals surface area contributed by atoms with E-state index in [2.05, 4.69) is 37.1 Å². The van der Waals surface area contributed by atoms with Gasteiger partial charge in [-0.2, -0.15) is 5.10 Å². The van der Waals surface area contributed by atoms with Gasteiger partial charge in [-0.05, 0) is 73.4 Å². The third-order valence-corrected chi connectivity index (χ3v) is 10.5. The molecule has 1 saturated carbocycles. The third-order valence-electron chi connectivity index (χ3n) is 9.83. The number of piperazine rings is 1. The first-order chi connectivity index (χ1) is 23.0. The molecule has 0 spiro atoms. The molecule has 2 fully saturated rings. The van der Waals surface area contributed by atoms with Gasteiger partial charge in [0.1, 0.15) is 22.4 Å². The first-order valence-corrected chi connectivity index (χ1v) is 17.5. The molecule has 1 aromatic carbocycles. The van der Waals surface area contributed by atoms with Gasteiger partial charge in [0.05, 0.1) is 12.2 Å². The number of hydrogen-bond acceptors (Lipinski definition) is 9. The van der Waals surface area contributed by atoms with Crippen LogP contribution in [0.5, 0.6) is 0 Å². The van der Waals surface area contributed by atoms with Crippen LogP contribution in [-0.2, 0) is 22.6 Å². The molecule has 48 heavy (non-hydrogen) atoms. The minimum absolute atomic E-state index is 0.0447. The Balaban J connectivity index is 1.34. The predicted octanol–water partition coefficient (Wildman–Crippen LogP) is 3.31. The highest BCUT2D eigenvalue weighted by Crippen LogP contribution is 2.32. The average molecular weight is 681 g/mol. The Morgan fingerprint density at radius 2 is 1.75 bits per heavy atom. The number of carbonyl (C=O) groups is 4. The van der Waals surface area contributed by atoms with Crippen LogP contribution in [0, 0.1) is 17.7 Å². The van der Waals surface area contributed by atoms with Crippen molar-refractivity contribution in [2.24, 2.45) is 11.8 Å². The molecular weight excluding hydrogens is 635 g/mol. The number of halogens is 1. The zero-order valence-electron chi connectivity index (χ0n) is 28.0. The molecule has 1 aliphatic heterocycles. The molecule has 14 heteroatoms. The normalized spacial score (nSPS) is 20.5. The summed E-state index contributed by atoms with van der Waals surface area (Å²) >= 11 is 0.928. The molecule has 3 atom stereocenters. The van der Waals surface area contributed by atoms with Gasteiger partial charge in [0.2, 0.25) is 5.91 Å². The smallest absolute Gasteiger partial charge is 0.270 e. The standard InChI is InChI=1S/C34H45FN8O4S/c1-5-43-27(12-13-37-43)32(45)39-31(23-8-6-21(2)7-9-23)28(44)19-25-11-10-24(18-26(25)35)22(3)30(38-33(46)29-20-36-40-48-29)34(47)42-16-14-41(4)15-17-42/h10-13,18,20-23,30-31H,5-9,14-17,19H2,1-4H3,(H,38,46)(H,39,45)/t21?,22-,23?,30+,31-/m0/s1. The summed E-state index contributed by atoms with van der Waals surface area (Å²) in [6.45, 7) is 8.82. The Morgan fingerprint density at radius 3 is 2.40 bits per heavy atom. The van der Waals surface area contributed by atoms with Crippen molar-refractivity contribution in [3.05, 3.63) is 64.2 Å². The number of ketones is 1. The van der Waals surface area contributed by atoms with Crippen molar-refractivity contribution in [1.82, 2.24) is 39.8 Å². The maximum absolute atomic E-state index is 15.8. The highest BCUT2D eigenvalue weighted by atomic mass is 32.1. The SMILES string of the molecule is CCn1nccc1C(=O)N[C@H](C(=O)Cc1ccc([C@H](C)[C@@H](NC(=O)c2cnns2)C(=O)N2CCN(C)CC2)cc1F)C1CCC(C)CC1. The number of likely N-dealkylation sites (N-methyl/N-ethyl adjacent to an activating group) is 1. The van der Waals surface area contributed by atoms with Crippen molar-refractivity contribution in [3.8, 4) is 0 Å². The Hall–Kier alpha value is -4.04. The largest absolute Gasteiger partial charge is 0.341 e. The number of nitrogens with zero attached hydrogens (tertiary/aromatic N) is 6. The van der Waals surface area contributed by atoms with Crippen LogP contribution in [0.25, 0.3) is 0 Å². The maximum atomic E-state index is 15.8. The summed E-state index contributed by atoms with van der Waals surface area (Å²) in [5.41, 5.74) is 1.10. The lowest BCUT2D eigenvalue weighted by molar-refractivity contribution is -0.135. The molecule has 3 heterocycles. The van der Waals surface area contributed by atoms with Crippen LogP contribution >= 0.6 is 11.5 Å². The van der Waals surface area contributed by atoms with Gasteiger partial charge < -0.3 is 20.4 Å². The van der Waals surface area contributed by atoms with Crippen LogP contribution in [-0.4, -0.2) is 98.0 Å². The van der Waals surface area contributed by atoms with Crippen LogP contribution in [0.15, 0.2) is 36.7 Å². The summed E-state index contributed by atoms with van der Waals surface area (Å²) in [7, 11) is 1.99. The third kappa shape index (κ3) is 8.32. The molecule has 0 radical (unpaired) electrons. The van der Waals surface area contributed by atoms with E-state index in [0.717, 1.165) is 37.2 Å². The van der Waals surface area contributed by atoms with Gasteiger partial charge in [0.15, 0.2) is 5.78 Å². The van der Waals surface area contributed by atoms with Crippen molar-refractivity contribution in [3.63, 3.8) is 0 Å². The Morgan fingerprint density at radius 1 is 1.02 bits per heavy atom. The summed E-state index contributed by atoms with van der Waals surface area (Å²) in [5, 5.41) is 13.7. The van der Waals surface area contributed by atoms with Gasteiger partial charge in [-0.1, -0.05) is 43.3 Å². The van der Waals surface area contributed by atoms with Crippen molar-refractivity contribution in [2.75, 3.05) is 33.2 Å². The van der Waals surface area contributed by atoms with Gasteiger partial charge in [-0.25, -0.2) is 4.39 Å². The molecule has 0 bridgehead atoms. The minimum Gasteiger partial charge on any atom is -0.341 e. The summed E-state index contributed by atoms with van der Waals surface area (Å²) in [6.07, 6.45) is 6.23. The molecule has 2 aliphatic rings. The van der Waals surface area contributed by atoms with E-state index in [1.807, 2.05) is 14.0 Å². The topological polar surface area (TPSA) is 142 Å². The van der Waals surface area contributed by atoms with Crippen LogP contribution in [0.3, 0.4) is 0 Å². The fourth-order valence-corrected chi connectivity index (χ4v) is 7.08.